The maximum atomic E-state index is 13.3. The van der Waals surface area contributed by atoms with Crippen LogP contribution in [-0.2, 0) is 9.63 Å². The van der Waals surface area contributed by atoms with Gasteiger partial charge in [0.15, 0.2) is 0 Å². The van der Waals surface area contributed by atoms with Gasteiger partial charge >= 0.3 is 6.18 Å². The number of nitrogens with one attached hydrogen (secondary N) is 1. The fourth-order valence-corrected chi connectivity index (χ4v) is 3.33. The molecule has 25 heavy (non-hydrogen) atoms. The van der Waals surface area contributed by atoms with Crippen LogP contribution in [0.5, 0.6) is 0 Å². The molecule has 1 saturated carbocycles. The van der Waals surface area contributed by atoms with Crippen LogP contribution in [0.25, 0.3) is 0 Å². The van der Waals surface area contributed by atoms with Crippen molar-refractivity contribution >= 4 is 11.6 Å². The number of benzene rings is 1. The number of alkyl halides is 3. The molecule has 0 unspecified atom stereocenters. The number of hydrogen-bond acceptors (Lipinski definition) is 3. The molecule has 1 N–H and O–H groups in total. The summed E-state index contributed by atoms with van der Waals surface area (Å²) in [7, 11) is 0. The Morgan fingerprint density at radius 2 is 2.00 bits per heavy atom. The van der Waals surface area contributed by atoms with Crippen molar-refractivity contribution in [1.82, 2.24) is 5.32 Å². The molecule has 2 aliphatic rings. The monoisotopic (exact) mass is 358 g/mol. The van der Waals surface area contributed by atoms with Crippen molar-refractivity contribution in [1.29, 1.82) is 0 Å². The standard InChI is InChI=1S/C17H18F4N2O2/c18-11-5-3-4-10(8-11)14-9-15(25-23-14)16(24)22-13-7-2-1-6-12(13)17(19,20)21/h3-5,8,12-13,15H,1-2,6-7,9H2,(H,22,24)/t12-,13-,15-/m1/s1. The molecular formula is C17H18F4N2O2. The summed E-state index contributed by atoms with van der Waals surface area (Å²) in [4.78, 5) is 17.3. The van der Waals surface area contributed by atoms with E-state index >= 15 is 0 Å². The second kappa shape index (κ2) is 7.01. The van der Waals surface area contributed by atoms with E-state index in [4.69, 9.17) is 4.84 Å². The second-order valence-electron chi connectivity index (χ2n) is 6.39. The Bertz CT molecular complexity index is 675. The molecule has 0 spiro atoms. The van der Waals surface area contributed by atoms with Crippen LogP contribution in [0.3, 0.4) is 0 Å². The molecule has 1 aromatic carbocycles. The van der Waals surface area contributed by atoms with Gasteiger partial charge in [-0.15, -0.1) is 0 Å². The normalized spacial score (nSPS) is 26.7. The average Bonchev–Trinajstić information content (AvgIpc) is 3.04. The lowest BCUT2D eigenvalue weighted by molar-refractivity contribution is -0.189. The molecule has 1 heterocycles. The van der Waals surface area contributed by atoms with Gasteiger partial charge in [0.05, 0.1) is 11.6 Å². The molecule has 1 fully saturated rings. The van der Waals surface area contributed by atoms with Crippen LogP contribution in [0, 0.1) is 11.7 Å². The number of halogens is 4. The molecular weight excluding hydrogens is 340 g/mol. The third-order valence-corrected chi connectivity index (χ3v) is 4.63. The van der Waals surface area contributed by atoms with Crippen molar-refractivity contribution in [2.45, 2.75) is 50.4 Å². The largest absolute Gasteiger partial charge is 0.393 e. The van der Waals surface area contributed by atoms with Crippen molar-refractivity contribution in [3.05, 3.63) is 35.6 Å². The van der Waals surface area contributed by atoms with E-state index in [1.165, 1.54) is 18.2 Å². The Labute approximate surface area is 142 Å². The number of oxime groups is 1. The lowest BCUT2D eigenvalue weighted by Crippen LogP contribution is -2.50. The summed E-state index contributed by atoms with van der Waals surface area (Å²) >= 11 is 0. The lowest BCUT2D eigenvalue weighted by atomic mass is 9.84. The van der Waals surface area contributed by atoms with Crippen LogP contribution in [-0.4, -0.2) is 29.9 Å². The predicted molar refractivity (Wildman–Crippen MR) is 82.4 cm³/mol. The zero-order valence-electron chi connectivity index (χ0n) is 13.4. The summed E-state index contributed by atoms with van der Waals surface area (Å²) in [6.45, 7) is 0. The summed E-state index contributed by atoms with van der Waals surface area (Å²) in [5.41, 5.74) is 0.886. The molecule has 3 atom stereocenters. The summed E-state index contributed by atoms with van der Waals surface area (Å²) in [5, 5.41) is 6.25. The Morgan fingerprint density at radius 3 is 2.72 bits per heavy atom. The minimum atomic E-state index is -4.34. The molecule has 1 aromatic rings. The van der Waals surface area contributed by atoms with E-state index < -0.39 is 36.0 Å². The quantitative estimate of drug-likeness (QED) is 0.840. The number of amides is 1. The molecule has 3 rings (SSSR count). The molecule has 0 aromatic heterocycles. The first-order valence-corrected chi connectivity index (χ1v) is 8.20. The fourth-order valence-electron chi connectivity index (χ4n) is 3.33. The topological polar surface area (TPSA) is 50.7 Å². The molecule has 4 nitrogen and oxygen atoms in total. The van der Waals surface area contributed by atoms with Crippen LogP contribution < -0.4 is 5.32 Å². The van der Waals surface area contributed by atoms with Gasteiger partial charge in [0.2, 0.25) is 6.10 Å². The maximum absolute atomic E-state index is 13.3. The first kappa shape index (κ1) is 17.7. The van der Waals surface area contributed by atoms with E-state index in [2.05, 4.69) is 10.5 Å². The van der Waals surface area contributed by atoms with E-state index in [0.717, 1.165) is 0 Å². The summed E-state index contributed by atoms with van der Waals surface area (Å²) in [5.74, 6) is -2.59. The molecule has 0 radical (unpaired) electrons. The predicted octanol–water partition coefficient (Wildman–Crippen LogP) is 3.56. The first-order chi connectivity index (χ1) is 11.8. The number of carbonyl (C=O) groups is 1. The van der Waals surface area contributed by atoms with Crippen LogP contribution in [0.4, 0.5) is 17.6 Å². The number of hydrogen-bond donors (Lipinski definition) is 1. The lowest BCUT2D eigenvalue weighted by Gasteiger charge is -2.33. The van der Waals surface area contributed by atoms with Gasteiger partial charge in [-0.3, -0.25) is 4.79 Å². The van der Waals surface area contributed by atoms with Crippen molar-refractivity contribution in [3.63, 3.8) is 0 Å². The van der Waals surface area contributed by atoms with Gasteiger partial charge in [0.1, 0.15) is 5.82 Å². The number of nitrogens with zero attached hydrogens (tertiary/aromatic N) is 1. The molecule has 1 aliphatic heterocycles. The SMILES string of the molecule is O=C(N[C@@H]1CCCC[C@H]1C(F)(F)F)[C@H]1CC(c2cccc(F)c2)=NO1. The van der Waals surface area contributed by atoms with E-state index in [0.29, 0.717) is 30.5 Å². The summed E-state index contributed by atoms with van der Waals surface area (Å²) < 4.78 is 52.6. The van der Waals surface area contributed by atoms with E-state index in [-0.39, 0.29) is 12.8 Å². The molecule has 1 aliphatic carbocycles. The van der Waals surface area contributed by atoms with Gasteiger partial charge in [0, 0.05) is 18.0 Å². The summed E-state index contributed by atoms with van der Waals surface area (Å²) in [6, 6.07) is 4.75. The van der Waals surface area contributed by atoms with Crippen LogP contribution in [0.1, 0.15) is 37.7 Å². The van der Waals surface area contributed by atoms with Gasteiger partial charge in [-0.05, 0) is 25.0 Å². The first-order valence-electron chi connectivity index (χ1n) is 8.20. The third kappa shape index (κ3) is 4.11. The number of rotatable bonds is 3. The van der Waals surface area contributed by atoms with E-state index in [1.54, 1.807) is 6.07 Å². The van der Waals surface area contributed by atoms with Crippen LogP contribution in [0.2, 0.25) is 0 Å². The molecule has 0 bridgehead atoms. The molecule has 1 amide bonds. The Hall–Kier alpha value is -2.12. The van der Waals surface area contributed by atoms with Gasteiger partial charge < -0.3 is 10.2 Å². The Morgan fingerprint density at radius 1 is 1.24 bits per heavy atom. The van der Waals surface area contributed by atoms with Crippen molar-refractivity contribution < 1.29 is 27.2 Å². The van der Waals surface area contributed by atoms with Gasteiger partial charge in [0.25, 0.3) is 5.91 Å². The van der Waals surface area contributed by atoms with Crippen LogP contribution >= 0.6 is 0 Å². The summed E-state index contributed by atoms with van der Waals surface area (Å²) in [6.07, 6.45) is -3.77. The second-order valence-corrected chi connectivity index (χ2v) is 6.39. The number of carbonyl (C=O) groups excluding carboxylic acids is 1. The Kier molecular flexibility index (Phi) is 4.96. The van der Waals surface area contributed by atoms with Gasteiger partial charge in [-0.25, -0.2) is 4.39 Å². The van der Waals surface area contributed by atoms with Crippen molar-refractivity contribution in [2.24, 2.45) is 11.1 Å². The van der Waals surface area contributed by atoms with Crippen molar-refractivity contribution in [3.8, 4) is 0 Å². The van der Waals surface area contributed by atoms with Crippen LogP contribution in [0.15, 0.2) is 29.4 Å². The van der Waals surface area contributed by atoms with E-state index in [1.807, 2.05) is 0 Å². The highest BCUT2D eigenvalue weighted by Gasteiger charge is 2.46. The van der Waals surface area contributed by atoms with E-state index in [9.17, 15) is 22.4 Å². The fraction of sp³-hybridized carbons (Fsp3) is 0.529. The smallest absolute Gasteiger partial charge is 0.382 e. The minimum Gasteiger partial charge on any atom is -0.382 e. The zero-order chi connectivity index (χ0) is 18.0. The van der Waals surface area contributed by atoms with Crippen molar-refractivity contribution in [2.75, 3.05) is 0 Å². The average molecular weight is 358 g/mol. The van der Waals surface area contributed by atoms with Gasteiger partial charge in [-0.1, -0.05) is 30.1 Å². The Balaban J connectivity index is 1.61. The minimum absolute atomic E-state index is 0.0189. The molecule has 136 valence electrons. The highest BCUT2D eigenvalue weighted by Crippen LogP contribution is 2.37. The highest BCUT2D eigenvalue weighted by molar-refractivity contribution is 6.04. The zero-order valence-corrected chi connectivity index (χ0v) is 13.4. The molecule has 8 heteroatoms. The third-order valence-electron chi connectivity index (χ3n) is 4.63. The molecule has 0 saturated heterocycles. The maximum Gasteiger partial charge on any atom is 0.393 e. The van der Waals surface area contributed by atoms with Gasteiger partial charge in [-0.2, -0.15) is 13.2 Å². The highest BCUT2D eigenvalue weighted by atomic mass is 19.4.